The predicted molar refractivity (Wildman–Crippen MR) is 80.7 cm³/mol. The maximum Gasteiger partial charge on any atom is 0.229 e. The van der Waals surface area contributed by atoms with Gasteiger partial charge in [0.25, 0.3) is 0 Å². The second kappa shape index (κ2) is 7.77. The Labute approximate surface area is 122 Å². The number of nitrogens with two attached hydrogens (primary N) is 1. The first kappa shape index (κ1) is 15.5. The number of nitrogens with zero attached hydrogens (tertiary/aromatic N) is 2. The van der Waals surface area contributed by atoms with Crippen LogP contribution in [-0.4, -0.2) is 16.2 Å². The lowest BCUT2D eigenvalue weighted by Gasteiger charge is -2.09. The topological polar surface area (TPSA) is 64.9 Å². The molecule has 1 heterocycles. The fourth-order valence-corrected chi connectivity index (χ4v) is 3.02. The van der Waals surface area contributed by atoms with Gasteiger partial charge in [-0.15, -0.1) is 0 Å². The third kappa shape index (κ3) is 4.58. The third-order valence-electron chi connectivity index (χ3n) is 4.40. The van der Waals surface area contributed by atoms with Gasteiger partial charge in [-0.25, -0.2) is 0 Å². The minimum absolute atomic E-state index is 0.284. The molecule has 0 saturated heterocycles. The van der Waals surface area contributed by atoms with Crippen molar-refractivity contribution in [2.45, 2.75) is 89.5 Å². The van der Waals surface area contributed by atoms with Crippen molar-refractivity contribution in [1.29, 1.82) is 0 Å². The molecular weight excluding hydrogens is 250 g/mol. The standard InChI is InChI=1S/C16H29N3O/c1-12(8-7-9-13(2)17)16-18-15(19-20-16)14-10-5-3-4-6-11-14/h12-14H,3-11,17H2,1-2H3. The zero-order valence-corrected chi connectivity index (χ0v) is 13.0. The predicted octanol–water partition coefficient (Wildman–Crippen LogP) is 4.13. The number of hydrogen-bond acceptors (Lipinski definition) is 4. The van der Waals surface area contributed by atoms with E-state index < -0.39 is 0 Å². The summed E-state index contributed by atoms with van der Waals surface area (Å²) in [7, 11) is 0. The van der Waals surface area contributed by atoms with Crippen molar-refractivity contribution in [2.75, 3.05) is 0 Å². The van der Waals surface area contributed by atoms with Crippen LogP contribution < -0.4 is 5.73 Å². The van der Waals surface area contributed by atoms with E-state index in [2.05, 4.69) is 24.0 Å². The fraction of sp³-hybridized carbons (Fsp3) is 0.875. The third-order valence-corrected chi connectivity index (χ3v) is 4.40. The van der Waals surface area contributed by atoms with Gasteiger partial charge in [0.2, 0.25) is 5.89 Å². The molecule has 2 atom stereocenters. The second-order valence-electron chi connectivity index (χ2n) is 6.49. The molecule has 1 aromatic rings. The van der Waals surface area contributed by atoms with Crippen LogP contribution in [0, 0.1) is 0 Å². The van der Waals surface area contributed by atoms with E-state index >= 15 is 0 Å². The summed E-state index contributed by atoms with van der Waals surface area (Å²) in [5, 5.41) is 4.23. The minimum atomic E-state index is 0.284. The van der Waals surface area contributed by atoms with Crippen molar-refractivity contribution in [1.82, 2.24) is 10.1 Å². The van der Waals surface area contributed by atoms with Crippen LogP contribution in [0.4, 0.5) is 0 Å². The Morgan fingerprint density at radius 3 is 2.50 bits per heavy atom. The molecule has 0 spiro atoms. The molecule has 0 aromatic carbocycles. The van der Waals surface area contributed by atoms with Gasteiger partial charge in [-0.05, 0) is 32.6 Å². The molecule has 0 amide bonds. The SMILES string of the molecule is CC(N)CCCC(C)c1nc(C2CCCCCC2)no1. The van der Waals surface area contributed by atoms with Gasteiger partial charge in [-0.3, -0.25) is 0 Å². The molecule has 4 nitrogen and oxygen atoms in total. The number of hydrogen-bond donors (Lipinski definition) is 1. The van der Waals surface area contributed by atoms with Crippen LogP contribution >= 0.6 is 0 Å². The second-order valence-corrected chi connectivity index (χ2v) is 6.49. The molecular formula is C16H29N3O. The highest BCUT2D eigenvalue weighted by atomic mass is 16.5. The maximum atomic E-state index is 5.78. The van der Waals surface area contributed by atoms with Gasteiger partial charge < -0.3 is 10.3 Å². The van der Waals surface area contributed by atoms with Gasteiger partial charge in [0.05, 0.1) is 0 Å². The molecule has 2 unspecified atom stereocenters. The monoisotopic (exact) mass is 279 g/mol. The summed E-state index contributed by atoms with van der Waals surface area (Å²) in [4.78, 5) is 4.66. The highest BCUT2D eigenvalue weighted by Gasteiger charge is 2.21. The highest BCUT2D eigenvalue weighted by Crippen LogP contribution is 2.31. The first-order valence-corrected chi connectivity index (χ1v) is 8.26. The zero-order chi connectivity index (χ0) is 14.4. The lowest BCUT2D eigenvalue weighted by Crippen LogP contribution is -2.14. The summed E-state index contributed by atoms with van der Waals surface area (Å²) in [5.41, 5.74) is 5.78. The molecule has 4 heteroatoms. The summed E-state index contributed by atoms with van der Waals surface area (Å²) in [5.74, 6) is 2.63. The lowest BCUT2D eigenvalue weighted by molar-refractivity contribution is 0.342. The smallest absolute Gasteiger partial charge is 0.229 e. The Morgan fingerprint density at radius 1 is 1.15 bits per heavy atom. The van der Waals surface area contributed by atoms with E-state index in [1.54, 1.807) is 0 Å². The van der Waals surface area contributed by atoms with Crippen molar-refractivity contribution in [3.63, 3.8) is 0 Å². The first-order valence-electron chi connectivity index (χ1n) is 8.26. The van der Waals surface area contributed by atoms with Crippen LogP contribution in [-0.2, 0) is 0 Å². The summed E-state index contributed by atoms with van der Waals surface area (Å²) in [6, 6.07) is 0.284. The Bertz CT molecular complexity index is 381. The molecule has 20 heavy (non-hydrogen) atoms. The van der Waals surface area contributed by atoms with E-state index in [9.17, 15) is 0 Å². The summed E-state index contributed by atoms with van der Waals surface area (Å²) < 4.78 is 5.49. The Kier molecular flexibility index (Phi) is 6.02. The molecule has 0 radical (unpaired) electrons. The zero-order valence-electron chi connectivity index (χ0n) is 13.0. The van der Waals surface area contributed by atoms with Crippen LogP contribution in [0.15, 0.2) is 4.52 Å². The Hall–Kier alpha value is -0.900. The van der Waals surface area contributed by atoms with E-state index in [0.717, 1.165) is 31.0 Å². The molecule has 1 saturated carbocycles. The van der Waals surface area contributed by atoms with E-state index in [-0.39, 0.29) is 6.04 Å². The largest absolute Gasteiger partial charge is 0.339 e. The molecule has 114 valence electrons. The van der Waals surface area contributed by atoms with Gasteiger partial charge in [0.1, 0.15) is 0 Å². The average Bonchev–Trinajstić information content (AvgIpc) is 2.74. The van der Waals surface area contributed by atoms with Crippen molar-refractivity contribution in [3.05, 3.63) is 11.7 Å². The molecule has 0 aliphatic heterocycles. The van der Waals surface area contributed by atoms with E-state index in [0.29, 0.717) is 11.8 Å². The quantitative estimate of drug-likeness (QED) is 0.795. The molecule has 1 fully saturated rings. The van der Waals surface area contributed by atoms with E-state index in [1.165, 1.54) is 38.5 Å². The van der Waals surface area contributed by atoms with Gasteiger partial charge in [0.15, 0.2) is 5.82 Å². The molecule has 2 N–H and O–H groups in total. The van der Waals surface area contributed by atoms with Gasteiger partial charge >= 0.3 is 0 Å². The van der Waals surface area contributed by atoms with Crippen molar-refractivity contribution < 1.29 is 4.52 Å². The molecule has 1 aliphatic rings. The van der Waals surface area contributed by atoms with E-state index in [1.807, 2.05) is 0 Å². The number of aromatic nitrogens is 2. The van der Waals surface area contributed by atoms with Crippen molar-refractivity contribution in [2.24, 2.45) is 5.73 Å². The molecule has 0 bridgehead atoms. The highest BCUT2D eigenvalue weighted by molar-refractivity contribution is 4.99. The van der Waals surface area contributed by atoms with Gasteiger partial charge in [0, 0.05) is 17.9 Å². The maximum absolute atomic E-state index is 5.78. The molecule has 2 rings (SSSR count). The average molecular weight is 279 g/mol. The van der Waals surface area contributed by atoms with Gasteiger partial charge in [-0.1, -0.05) is 44.2 Å². The summed E-state index contributed by atoms with van der Waals surface area (Å²) in [6.07, 6.45) is 11.0. The minimum Gasteiger partial charge on any atom is -0.339 e. The Morgan fingerprint density at radius 2 is 1.85 bits per heavy atom. The fourth-order valence-electron chi connectivity index (χ4n) is 3.02. The van der Waals surface area contributed by atoms with Crippen molar-refractivity contribution >= 4 is 0 Å². The first-order chi connectivity index (χ1) is 9.66. The van der Waals surface area contributed by atoms with E-state index in [4.69, 9.17) is 10.3 Å². The van der Waals surface area contributed by atoms with Crippen LogP contribution in [0.5, 0.6) is 0 Å². The molecule has 1 aliphatic carbocycles. The normalized spacial score (nSPS) is 20.6. The van der Waals surface area contributed by atoms with Crippen LogP contribution in [0.3, 0.4) is 0 Å². The Balaban J connectivity index is 1.87. The van der Waals surface area contributed by atoms with Crippen LogP contribution in [0.1, 0.15) is 95.2 Å². The summed E-state index contributed by atoms with van der Waals surface area (Å²) >= 11 is 0. The number of rotatable bonds is 6. The van der Waals surface area contributed by atoms with Gasteiger partial charge in [-0.2, -0.15) is 4.98 Å². The molecule has 1 aromatic heterocycles. The van der Waals surface area contributed by atoms with Crippen LogP contribution in [0.25, 0.3) is 0 Å². The van der Waals surface area contributed by atoms with Crippen molar-refractivity contribution in [3.8, 4) is 0 Å². The van der Waals surface area contributed by atoms with Crippen LogP contribution in [0.2, 0.25) is 0 Å². The lowest BCUT2D eigenvalue weighted by atomic mass is 9.99. The summed E-state index contributed by atoms with van der Waals surface area (Å²) in [6.45, 7) is 4.23.